The lowest BCUT2D eigenvalue weighted by atomic mass is 9.92. The Kier molecular flexibility index (Phi) is 5.43. The first kappa shape index (κ1) is 15.3. The summed E-state index contributed by atoms with van der Waals surface area (Å²) < 4.78 is 6.56. The lowest BCUT2D eigenvalue weighted by Crippen LogP contribution is -2.49. The quantitative estimate of drug-likeness (QED) is 0.884. The van der Waals surface area contributed by atoms with E-state index < -0.39 is 12.2 Å². The Labute approximate surface area is 127 Å². The summed E-state index contributed by atoms with van der Waals surface area (Å²) in [7, 11) is 0. The molecule has 5 heteroatoms. The molecule has 0 aromatic heterocycles. The molecule has 0 radical (unpaired) electrons. The van der Waals surface area contributed by atoms with Gasteiger partial charge in [0.05, 0.1) is 12.1 Å². The van der Waals surface area contributed by atoms with E-state index in [1.165, 1.54) is 0 Å². The van der Waals surface area contributed by atoms with Crippen LogP contribution in [0.15, 0.2) is 28.7 Å². The summed E-state index contributed by atoms with van der Waals surface area (Å²) in [6.07, 6.45) is 2.64. The smallest absolute Gasteiger partial charge is 0.261 e. The maximum absolute atomic E-state index is 12.1. The molecule has 1 aromatic rings. The molecule has 3 atom stereocenters. The predicted octanol–water partition coefficient (Wildman–Crippen LogP) is 2.64. The van der Waals surface area contributed by atoms with E-state index >= 15 is 0 Å². The van der Waals surface area contributed by atoms with E-state index in [1.807, 2.05) is 24.3 Å². The number of halogens is 1. The molecule has 1 aliphatic carbocycles. The number of aliphatic hydroxyl groups is 1. The number of ether oxygens (including phenoxy) is 1. The second-order valence-electron chi connectivity index (χ2n) is 5.18. The first-order valence-electron chi connectivity index (χ1n) is 6.97. The van der Waals surface area contributed by atoms with Crippen molar-refractivity contribution in [2.75, 3.05) is 0 Å². The van der Waals surface area contributed by atoms with E-state index in [2.05, 4.69) is 21.2 Å². The summed E-state index contributed by atoms with van der Waals surface area (Å²) in [6.45, 7) is 1.71. The van der Waals surface area contributed by atoms with E-state index in [9.17, 15) is 9.90 Å². The SMILES string of the molecule is CC(Oc1ccc(Br)cc1)C(=O)N[C@@H]1CCCC[C@H]1O. The van der Waals surface area contributed by atoms with Crippen molar-refractivity contribution >= 4 is 21.8 Å². The number of benzene rings is 1. The van der Waals surface area contributed by atoms with Crippen LogP contribution in [-0.4, -0.2) is 29.3 Å². The van der Waals surface area contributed by atoms with Crippen molar-refractivity contribution in [3.63, 3.8) is 0 Å². The van der Waals surface area contributed by atoms with Crippen LogP contribution in [-0.2, 0) is 4.79 Å². The Morgan fingerprint density at radius 2 is 2.00 bits per heavy atom. The van der Waals surface area contributed by atoms with Gasteiger partial charge >= 0.3 is 0 Å². The number of hydrogen-bond acceptors (Lipinski definition) is 3. The van der Waals surface area contributed by atoms with Gasteiger partial charge in [-0.25, -0.2) is 0 Å². The zero-order chi connectivity index (χ0) is 14.5. The van der Waals surface area contributed by atoms with Crippen LogP contribution in [0.5, 0.6) is 5.75 Å². The number of hydrogen-bond donors (Lipinski definition) is 2. The van der Waals surface area contributed by atoms with E-state index in [4.69, 9.17) is 4.74 Å². The minimum atomic E-state index is -0.578. The first-order chi connectivity index (χ1) is 9.56. The zero-order valence-corrected chi connectivity index (χ0v) is 13.1. The molecule has 110 valence electrons. The van der Waals surface area contributed by atoms with Crippen molar-refractivity contribution in [1.82, 2.24) is 5.32 Å². The second kappa shape index (κ2) is 7.09. The normalized spacial score (nSPS) is 23.9. The Morgan fingerprint density at radius 1 is 1.35 bits per heavy atom. The lowest BCUT2D eigenvalue weighted by Gasteiger charge is -2.29. The molecule has 2 N–H and O–H groups in total. The van der Waals surface area contributed by atoms with Crippen LogP contribution >= 0.6 is 15.9 Å². The Bertz CT molecular complexity index is 449. The highest BCUT2D eigenvalue weighted by Gasteiger charge is 2.26. The van der Waals surface area contributed by atoms with E-state index in [0.29, 0.717) is 5.75 Å². The predicted molar refractivity (Wildman–Crippen MR) is 80.6 cm³/mol. The molecule has 1 aliphatic rings. The van der Waals surface area contributed by atoms with Crippen LogP contribution in [0.25, 0.3) is 0 Å². The molecule has 0 spiro atoms. The Morgan fingerprint density at radius 3 is 2.65 bits per heavy atom. The average Bonchev–Trinajstić information content (AvgIpc) is 2.44. The van der Waals surface area contributed by atoms with Gasteiger partial charge in [0.1, 0.15) is 5.75 Å². The van der Waals surface area contributed by atoms with Crippen molar-refractivity contribution < 1.29 is 14.6 Å². The molecule has 0 saturated heterocycles. The molecule has 0 heterocycles. The third kappa shape index (κ3) is 4.21. The monoisotopic (exact) mass is 341 g/mol. The van der Waals surface area contributed by atoms with Crippen LogP contribution in [0, 0.1) is 0 Å². The molecule has 20 heavy (non-hydrogen) atoms. The van der Waals surface area contributed by atoms with Crippen molar-refractivity contribution in [1.29, 1.82) is 0 Å². The van der Waals surface area contributed by atoms with Crippen LogP contribution in [0.2, 0.25) is 0 Å². The van der Waals surface area contributed by atoms with E-state index in [-0.39, 0.29) is 11.9 Å². The van der Waals surface area contributed by atoms with Crippen LogP contribution in [0.3, 0.4) is 0 Å². The van der Waals surface area contributed by atoms with Crippen molar-refractivity contribution in [3.8, 4) is 5.75 Å². The number of carbonyl (C=O) groups excluding carboxylic acids is 1. The van der Waals surface area contributed by atoms with Gasteiger partial charge in [-0.2, -0.15) is 0 Å². The van der Waals surface area contributed by atoms with Crippen LogP contribution in [0.4, 0.5) is 0 Å². The number of nitrogens with one attached hydrogen (secondary N) is 1. The molecule has 1 fully saturated rings. The van der Waals surface area contributed by atoms with Gasteiger partial charge in [-0.1, -0.05) is 28.8 Å². The number of aliphatic hydroxyl groups excluding tert-OH is 1. The Balaban J connectivity index is 1.86. The minimum Gasteiger partial charge on any atom is -0.481 e. The fraction of sp³-hybridized carbons (Fsp3) is 0.533. The first-order valence-corrected chi connectivity index (χ1v) is 7.76. The standard InChI is InChI=1S/C15H20BrNO3/c1-10(20-12-8-6-11(16)7-9-12)15(19)17-13-4-2-3-5-14(13)18/h6-10,13-14,18H,2-5H2,1H3,(H,17,19)/t10?,13-,14-/m1/s1. The van der Waals surface area contributed by atoms with E-state index in [1.54, 1.807) is 6.92 Å². The van der Waals surface area contributed by atoms with Gasteiger partial charge in [0.25, 0.3) is 5.91 Å². The summed E-state index contributed by atoms with van der Waals surface area (Å²) >= 11 is 3.35. The molecule has 0 bridgehead atoms. The lowest BCUT2D eigenvalue weighted by molar-refractivity contribution is -0.129. The number of amides is 1. The van der Waals surface area contributed by atoms with Gasteiger partial charge in [0, 0.05) is 4.47 Å². The average molecular weight is 342 g/mol. The molecule has 1 amide bonds. The topological polar surface area (TPSA) is 58.6 Å². The third-order valence-electron chi connectivity index (χ3n) is 3.55. The summed E-state index contributed by atoms with van der Waals surface area (Å²) in [6, 6.07) is 7.20. The zero-order valence-electron chi connectivity index (χ0n) is 11.5. The highest BCUT2D eigenvalue weighted by Crippen LogP contribution is 2.20. The second-order valence-corrected chi connectivity index (χ2v) is 6.10. The largest absolute Gasteiger partial charge is 0.481 e. The van der Waals surface area contributed by atoms with Gasteiger partial charge in [-0.05, 0) is 44.0 Å². The molecular weight excluding hydrogens is 322 g/mol. The molecular formula is C15H20BrNO3. The van der Waals surface area contributed by atoms with Crippen molar-refractivity contribution in [2.24, 2.45) is 0 Å². The molecule has 0 aliphatic heterocycles. The highest BCUT2D eigenvalue weighted by atomic mass is 79.9. The minimum absolute atomic E-state index is 0.146. The maximum atomic E-state index is 12.1. The molecule has 2 rings (SSSR count). The number of rotatable bonds is 4. The van der Waals surface area contributed by atoms with Crippen LogP contribution in [0.1, 0.15) is 32.6 Å². The van der Waals surface area contributed by atoms with Gasteiger partial charge < -0.3 is 15.2 Å². The highest BCUT2D eigenvalue weighted by molar-refractivity contribution is 9.10. The Hall–Kier alpha value is -1.07. The fourth-order valence-corrected chi connectivity index (χ4v) is 2.61. The van der Waals surface area contributed by atoms with E-state index in [0.717, 1.165) is 30.2 Å². The van der Waals surface area contributed by atoms with Crippen molar-refractivity contribution in [3.05, 3.63) is 28.7 Å². The molecule has 1 aromatic carbocycles. The summed E-state index contributed by atoms with van der Waals surface area (Å²) in [5, 5.41) is 12.7. The molecule has 4 nitrogen and oxygen atoms in total. The fourth-order valence-electron chi connectivity index (χ4n) is 2.35. The van der Waals surface area contributed by atoms with Crippen molar-refractivity contribution in [2.45, 2.75) is 50.9 Å². The van der Waals surface area contributed by atoms with Gasteiger partial charge in [0.15, 0.2) is 6.10 Å². The summed E-state index contributed by atoms with van der Waals surface area (Å²) in [4.78, 5) is 12.1. The van der Waals surface area contributed by atoms with Gasteiger partial charge in [-0.15, -0.1) is 0 Å². The molecule has 1 unspecified atom stereocenters. The maximum Gasteiger partial charge on any atom is 0.261 e. The third-order valence-corrected chi connectivity index (χ3v) is 4.08. The summed E-state index contributed by atoms with van der Waals surface area (Å²) in [5.41, 5.74) is 0. The number of carbonyl (C=O) groups is 1. The molecule has 1 saturated carbocycles. The summed E-state index contributed by atoms with van der Waals surface area (Å²) in [5.74, 6) is 0.471. The van der Waals surface area contributed by atoms with Gasteiger partial charge in [0.2, 0.25) is 0 Å². The van der Waals surface area contributed by atoms with Crippen LogP contribution < -0.4 is 10.1 Å². The van der Waals surface area contributed by atoms with Gasteiger partial charge in [-0.3, -0.25) is 4.79 Å².